The highest BCUT2D eigenvalue weighted by molar-refractivity contribution is 5.52. The number of anilines is 1. The van der Waals surface area contributed by atoms with Crippen molar-refractivity contribution in [2.24, 2.45) is 0 Å². The lowest BCUT2D eigenvalue weighted by Gasteiger charge is -2.25. The molecule has 0 aliphatic rings. The zero-order valence-corrected chi connectivity index (χ0v) is 12.7. The van der Waals surface area contributed by atoms with E-state index in [1.807, 2.05) is 19.2 Å². The number of aliphatic hydroxyl groups excluding tert-OH is 1. The zero-order chi connectivity index (χ0) is 14.7. The molecular formula is C18H23NO. The molecule has 2 heteroatoms. The molecule has 2 rings (SSSR count). The molecule has 0 aliphatic heterocycles. The summed E-state index contributed by atoms with van der Waals surface area (Å²) in [6.07, 6.45) is -0.474. The minimum absolute atomic E-state index is 0.474. The van der Waals surface area contributed by atoms with Gasteiger partial charge in [-0.25, -0.2) is 0 Å². The van der Waals surface area contributed by atoms with Gasteiger partial charge in [0.1, 0.15) is 0 Å². The Hall–Kier alpha value is -1.80. The van der Waals surface area contributed by atoms with E-state index in [0.29, 0.717) is 6.54 Å². The summed E-state index contributed by atoms with van der Waals surface area (Å²) in [5, 5.41) is 10.5. The lowest BCUT2D eigenvalue weighted by Crippen LogP contribution is -2.24. The molecule has 2 aromatic carbocycles. The number of aliphatic hydroxyl groups is 1. The normalized spacial score (nSPS) is 12.2. The Morgan fingerprint density at radius 1 is 1.00 bits per heavy atom. The van der Waals surface area contributed by atoms with Gasteiger partial charge < -0.3 is 10.0 Å². The maximum absolute atomic E-state index is 10.5. The van der Waals surface area contributed by atoms with E-state index in [4.69, 9.17) is 0 Å². The van der Waals surface area contributed by atoms with Gasteiger partial charge in [-0.3, -0.25) is 0 Å². The van der Waals surface area contributed by atoms with Crippen LogP contribution in [0.2, 0.25) is 0 Å². The highest BCUT2D eigenvalue weighted by Gasteiger charge is 2.13. The number of para-hydroxylation sites is 1. The lowest BCUT2D eigenvalue weighted by molar-refractivity contribution is 0.185. The molecule has 0 aliphatic carbocycles. The summed E-state index contributed by atoms with van der Waals surface area (Å²) in [6, 6.07) is 14.5. The van der Waals surface area contributed by atoms with Crippen molar-refractivity contribution in [3.63, 3.8) is 0 Å². The molecule has 0 fully saturated rings. The lowest BCUT2D eigenvalue weighted by atomic mass is 10.0. The van der Waals surface area contributed by atoms with Crippen molar-refractivity contribution in [2.75, 3.05) is 18.5 Å². The van der Waals surface area contributed by atoms with Crippen LogP contribution in [-0.4, -0.2) is 18.7 Å². The predicted octanol–water partition coefficient (Wildman–Crippen LogP) is 3.78. The molecule has 0 radical (unpaired) electrons. The summed E-state index contributed by atoms with van der Waals surface area (Å²) in [7, 11) is 2.02. The summed E-state index contributed by atoms with van der Waals surface area (Å²) in [6.45, 7) is 6.81. The maximum atomic E-state index is 10.5. The van der Waals surface area contributed by atoms with Gasteiger partial charge in [0.25, 0.3) is 0 Å². The molecule has 0 heterocycles. The summed E-state index contributed by atoms with van der Waals surface area (Å²) < 4.78 is 0. The second-order valence-corrected chi connectivity index (χ2v) is 5.60. The van der Waals surface area contributed by atoms with Crippen LogP contribution < -0.4 is 4.90 Å². The van der Waals surface area contributed by atoms with Crippen molar-refractivity contribution in [3.05, 3.63) is 64.7 Å². The topological polar surface area (TPSA) is 23.5 Å². The quantitative estimate of drug-likeness (QED) is 0.913. The monoisotopic (exact) mass is 269 g/mol. The van der Waals surface area contributed by atoms with E-state index in [0.717, 1.165) is 11.3 Å². The summed E-state index contributed by atoms with van der Waals surface area (Å²) in [4.78, 5) is 2.11. The third-order valence-corrected chi connectivity index (χ3v) is 3.60. The zero-order valence-electron chi connectivity index (χ0n) is 12.7. The van der Waals surface area contributed by atoms with Crippen molar-refractivity contribution in [2.45, 2.75) is 26.9 Å². The van der Waals surface area contributed by atoms with Gasteiger partial charge >= 0.3 is 0 Å². The number of likely N-dealkylation sites (N-methyl/N-ethyl adjacent to an activating group) is 1. The number of hydrogen-bond acceptors (Lipinski definition) is 2. The minimum Gasteiger partial charge on any atom is -0.387 e. The standard InChI is InChI=1S/C18H23NO/c1-13-9-14(2)11-16(10-13)18(20)12-19(4)17-8-6-5-7-15(17)3/h5-11,18,20H,12H2,1-4H3. The Balaban J connectivity index is 2.15. The van der Waals surface area contributed by atoms with Crippen LogP contribution in [0.25, 0.3) is 0 Å². The van der Waals surface area contributed by atoms with Crippen LogP contribution in [-0.2, 0) is 0 Å². The van der Waals surface area contributed by atoms with Crippen LogP contribution in [0, 0.1) is 20.8 Å². The molecule has 1 N–H and O–H groups in total. The van der Waals surface area contributed by atoms with E-state index in [9.17, 15) is 5.11 Å². The second kappa shape index (κ2) is 6.10. The van der Waals surface area contributed by atoms with Gasteiger partial charge in [0.05, 0.1) is 6.10 Å². The molecule has 20 heavy (non-hydrogen) atoms. The van der Waals surface area contributed by atoms with Gasteiger partial charge in [0.15, 0.2) is 0 Å². The summed E-state index contributed by atoms with van der Waals surface area (Å²) in [5.41, 5.74) is 5.76. The largest absolute Gasteiger partial charge is 0.387 e. The second-order valence-electron chi connectivity index (χ2n) is 5.60. The molecule has 2 nitrogen and oxygen atoms in total. The average molecular weight is 269 g/mol. The van der Waals surface area contributed by atoms with Crippen molar-refractivity contribution in [1.29, 1.82) is 0 Å². The fraction of sp³-hybridized carbons (Fsp3) is 0.333. The van der Waals surface area contributed by atoms with Gasteiger partial charge in [0.2, 0.25) is 0 Å². The number of benzene rings is 2. The Labute approximate surface area is 121 Å². The molecule has 1 atom stereocenters. The first kappa shape index (κ1) is 14.6. The van der Waals surface area contributed by atoms with Crippen LogP contribution in [0.3, 0.4) is 0 Å². The minimum atomic E-state index is -0.474. The molecule has 0 saturated carbocycles. The van der Waals surface area contributed by atoms with Crippen LogP contribution in [0.4, 0.5) is 5.69 Å². The first-order chi connectivity index (χ1) is 9.47. The predicted molar refractivity (Wildman–Crippen MR) is 85.3 cm³/mol. The summed E-state index contributed by atoms with van der Waals surface area (Å²) >= 11 is 0. The van der Waals surface area contributed by atoms with E-state index in [1.54, 1.807) is 0 Å². The number of nitrogens with zero attached hydrogens (tertiary/aromatic N) is 1. The van der Waals surface area contributed by atoms with E-state index >= 15 is 0 Å². The molecule has 0 aromatic heterocycles. The van der Waals surface area contributed by atoms with Gasteiger partial charge in [-0.2, -0.15) is 0 Å². The summed E-state index contributed by atoms with van der Waals surface area (Å²) in [5.74, 6) is 0. The Kier molecular flexibility index (Phi) is 4.46. The van der Waals surface area contributed by atoms with Gasteiger partial charge in [-0.1, -0.05) is 47.5 Å². The maximum Gasteiger partial charge on any atom is 0.0964 e. The fourth-order valence-electron chi connectivity index (χ4n) is 2.66. The van der Waals surface area contributed by atoms with Gasteiger partial charge in [-0.15, -0.1) is 0 Å². The highest BCUT2D eigenvalue weighted by Crippen LogP contribution is 2.22. The molecule has 106 valence electrons. The molecule has 0 saturated heterocycles. The smallest absolute Gasteiger partial charge is 0.0964 e. The van der Waals surface area contributed by atoms with Crippen molar-refractivity contribution in [1.82, 2.24) is 0 Å². The third kappa shape index (κ3) is 3.40. The Morgan fingerprint density at radius 3 is 2.20 bits per heavy atom. The van der Waals surface area contributed by atoms with Crippen LogP contribution in [0.15, 0.2) is 42.5 Å². The highest BCUT2D eigenvalue weighted by atomic mass is 16.3. The number of aryl methyl sites for hydroxylation is 3. The van der Waals surface area contributed by atoms with Gasteiger partial charge in [-0.05, 0) is 38.0 Å². The third-order valence-electron chi connectivity index (χ3n) is 3.60. The van der Waals surface area contributed by atoms with E-state index in [1.165, 1.54) is 16.7 Å². The number of hydrogen-bond donors (Lipinski definition) is 1. The van der Waals surface area contributed by atoms with Crippen LogP contribution >= 0.6 is 0 Å². The first-order valence-electron chi connectivity index (χ1n) is 7.00. The van der Waals surface area contributed by atoms with Gasteiger partial charge in [0, 0.05) is 19.3 Å². The van der Waals surface area contributed by atoms with Crippen LogP contribution in [0.1, 0.15) is 28.4 Å². The Bertz CT molecular complexity index is 571. The Morgan fingerprint density at radius 2 is 1.60 bits per heavy atom. The molecule has 1 unspecified atom stereocenters. The molecule has 0 amide bonds. The first-order valence-corrected chi connectivity index (χ1v) is 7.00. The van der Waals surface area contributed by atoms with E-state index in [-0.39, 0.29) is 0 Å². The van der Waals surface area contributed by atoms with E-state index < -0.39 is 6.10 Å². The molecule has 2 aromatic rings. The van der Waals surface area contributed by atoms with Crippen LogP contribution in [0.5, 0.6) is 0 Å². The average Bonchev–Trinajstić information content (AvgIpc) is 2.37. The fourth-order valence-corrected chi connectivity index (χ4v) is 2.66. The molecule has 0 bridgehead atoms. The molecular weight excluding hydrogens is 246 g/mol. The number of rotatable bonds is 4. The van der Waals surface area contributed by atoms with Crippen molar-refractivity contribution < 1.29 is 5.11 Å². The van der Waals surface area contributed by atoms with Crippen molar-refractivity contribution >= 4 is 5.69 Å². The molecule has 0 spiro atoms. The SMILES string of the molecule is Cc1cc(C)cc(C(O)CN(C)c2ccccc2C)c1. The van der Waals surface area contributed by atoms with E-state index in [2.05, 4.69) is 56.0 Å². The van der Waals surface area contributed by atoms with Crippen molar-refractivity contribution in [3.8, 4) is 0 Å².